The van der Waals surface area contributed by atoms with Gasteiger partial charge in [-0.3, -0.25) is 0 Å². The van der Waals surface area contributed by atoms with Gasteiger partial charge in [0.25, 0.3) is 0 Å². The van der Waals surface area contributed by atoms with E-state index in [1.807, 2.05) is 70.1 Å². The van der Waals surface area contributed by atoms with E-state index in [1.54, 1.807) is 44.3 Å². The molecule has 6 rings (SSSR count). The van der Waals surface area contributed by atoms with E-state index in [2.05, 4.69) is 72.4 Å². The molecule has 0 spiro atoms. The van der Waals surface area contributed by atoms with E-state index in [-0.39, 0.29) is 11.9 Å². The van der Waals surface area contributed by atoms with Gasteiger partial charge in [-0.25, -0.2) is 0 Å². The number of hydrogen-bond donors (Lipinski definition) is 4. The highest BCUT2D eigenvalue weighted by Crippen LogP contribution is 2.44. The maximum absolute atomic E-state index is 6.02. The molecule has 0 aliphatic rings. The van der Waals surface area contributed by atoms with Crippen LogP contribution in [0.2, 0.25) is 0 Å². The summed E-state index contributed by atoms with van der Waals surface area (Å²) in [5.74, 6) is 1.96. The SMILES string of the molecule is Nc1nc(Nc2ccccc2SSc2ccccc2Nc2nc(N)nc(-c3cscc3Br)n2)nc(-c2cscc2Br)n1. The molecule has 16 heteroatoms. The van der Waals surface area contributed by atoms with Crippen LogP contribution in [0.25, 0.3) is 22.8 Å². The zero-order chi connectivity index (χ0) is 29.1. The molecule has 0 aliphatic carbocycles. The van der Waals surface area contributed by atoms with E-state index < -0.39 is 0 Å². The summed E-state index contributed by atoms with van der Waals surface area (Å²) in [6.45, 7) is 0. The summed E-state index contributed by atoms with van der Waals surface area (Å²) in [5, 5.41) is 14.5. The summed E-state index contributed by atoms with van der Waals surface area (Å²) in [6.07, 6.45) is 0. The van der Waals surface area contributed by atoms with Crippen LogP contribution in [0.15, 0.2) is 88.8 Å². The molecule has 6 N–H and O–H groups in total. The zero-order valence-electron chi connectivity index (χ0n) is 21.2. The van der Waals surface area contributed by atoms with Gasteiger partial charge in [-0.15, -0.1) is 0 Å². The lowest BCUT2D eigenvalue weighted by Crippen LogP contribution is -2.05. The molecule has 4 aromatic heterocycles. The molecule has 210 valence electrons. The van der Waals surface area contributed by atoms with E-state index in [9.17, 15) is 0 Å². The third-order valence-corrected chi connectivity index (χ3v) is 11.4. The van der Waals surface area contributed by atoms with Crippen molar-refractivity contribution >= 4 is 111 Å². The molecule has 0 radical (unpaired) electrons. The Morgan fingerprint density at radius 3 is 1.40 bits per heavy atom. The number of nitrogens with zero attached hydrogens (tertiary/aromatic N) is 6. The number of nitrogens with one attached hydrogen (secondary N) is 2. The molecular weight excluding hydrogens is 740 g/mol. The first-order valence-electron chi connectivity index (χ1n) is 12.0. The Bertz CT molecular complexity index is 1740. The molecule has 0 amide bonds. The first kappa shape index (κ1) is 28.8. The first-order valence-corrected chi connectivity index (χ1v) is 17.6. The van der Waals surface area contributed by atoms with Crippen molar-refractivity contribution in [1.82, 2.24) is 29.9 Å². The lowest BCUT2D eigenvalue weighted by atomic mass is 10.3. The lowest BCUT2D eigenvalue weighted by molar-refractivity contribution is 1.07. The lowest BCUT2D eigenvalue weighted by Gasteiger charge is -2.13. The number of nitrogens with two attached hydrogens (primary N) is 2. The van der Waals surface area contributed by atoms with Crippen molar-refractivity contribution in [1.29, 1.82) is 0 Å². The number of rotatable bonds is 9. The number of para-hydroxylation sites is 2. The largest absolute Gasteiger partial charge is 0.368 e. The van der Waals surface area contributed by atoms with E-state index in [1.165, 1.54) is 0 Å². The Morgan fingerprint density at radius 2 is 1.00 bits per heavy atom. The first-order chi connectivity index (χ1) is 20.4. The molecule has 0 saturated carbocycles. The minimum absolute atomic E-state index is 0.133. The predicted molar refractivity (Wildman–Crippen MR) is 182 cm³/mol. The summed E-state index contributed by atoms with van der Waals surface area (Å²) in [6, 6.07) is 15.8. The number of hydrogen-bond acceptors (Lipinski definition) is 14. The molecule has 4 heterocycles. The number of halogens is 2. The van der Waals surface area contributed by atoms with Crippen LogP contribution in [0.1, 0.15) is 0 Å². The number of anilines is 6. The molecular formula is C26H18Br2N10S4. The second kappa shape index (κ2) is 12.9. The van der Waals surface area contributed by atoms with Crippen molar-refractivity contribution in [3.05, 3.63) is 79.0 Å². The molecule has 42 heavy (non-hydrogen) atoms. The standard InChI is InChI=1S/C26H18Br2N10S4/c27-15-11-39-9-13(15)21-33-23(29)37-25(35-21)31-17-5-1-3-7-19(17)41-42-20-8-4-2-6-18(20)32-26-36-22(34-24(30)38-26)14-10-40-12-16(14)28/h1-12H,(H3,29,31,33,35,37)(H3,30,32,34,36,38). The number of benzene rings is 2. The van der Waals surface area contributed by atoms with Gasteiger partial charge in [0.05, 0.1) is 11.4 Å². The van der Waals surface area contributed by atoms with Gasteiger partial charge in [-0.05, 0) is 56.1 Å². The van der Waals surface area contributed by atoms with Gasteiger partial charge in [-0.2, -0.15) is 52.6 Å². The monoisotopic (exact) mass is 756 g/mol. The van der Waals surface area contributed by atoms with Crippen LogP contribution in [0.3, 0.4) is 0 Å². The van der Waals surface area contributed by atoms with Crippen LogP contribution in [-0.4, -0.2) is 29.9 Å². The highest BCUT2D eigenvalue weighted by atomic mass is 79.9. The van der Waals surface area contributed by atoms with Gasteiger partial charge in [0.1, 0.15) is 0 Å². The third-order valence-electron chi connectivity index (χ3n) is 5.50. The van der Waals surface area contributed by atoms with Gasteiger partial charge in [0, 0.05) is 51.4 Å². The third kappa shape index (κ3) is 6.68. The minimum Gasteiger partial charge on any atom is -0.368 e. The average molecular weight is 759 g/mol. The van der Waals surface area contributed by atoms with Crippen molar-refractivity contribution in [3.8, 4) is 22.8 Å². The second-order valence-electron chi connectivity index (χ2n) is 8.36. The number of aromatic nitrogens is 6. The highest BCUT2D eigenvalue weighted by molar-refractivity contribution is 9.11. The zero-order valence-corrected chi connectivity index (χ0v) is 27.6. The summed E-state index contributed by atoms with van der Waals surface area (Å²) >= 11 is 10.2. The van der Waals surface area contributed by atoms with Crippen LogP contribution in [-0.2, 0) is 0 Å². The Morgan fingerprint density at radius 1 is 0.571 bits per heavy atom. The van der Waals surface area contributed by atoms with E-state index in [0.717, 1.165) is 41.2 Å². The fourth-order valence-electron chi connectivity index (χ4n) is 3.64. The molecule has 0 bridgehead atoms. The van der Waals surface area contributed by atoms with E-state index in [0.29, 0.717) is 23.5 Å². The summed E-state index contributed by atoms with van der Waals surface area (Å²) in [5.41, 5.74) is 15.4. The smallest absolute Gasteiger partial charge is 0.232 e. The molecule has 2 aromatic carbocycles. The van der Waals surface area contributed by atoms with Crippen molar-refractivity contribution in [2.45, 2.75) is 9.79 Å². The Labute approximate surface area is 272 Å². The van der Waals surface area contributed by atoms with Gasteiger partial charge >= 0.3 is 0 Å². The molecule has 0 fully saturated rings. The Hall–Kier alpha value is -3.28. The second-order valence-corrected chi connectivity index (χ2v) is 13.8. The van der Waals surface area contributed by atoms with E-state index in [4.69, 9.17) is 11.5 Å². The summed E-state index contributed by atoms with van der Waals surface area (Å²) < 4.78 is 1.80. The summed E-state index contributed by atoms with van der Waals surface area (Å²) in [4.78, 5) is 28.4. The van der Waals surface area contributed by atoms with E-state index >= 15 is 0 Å². The predicted octanol–water partition coefficient (Wildman–Crippen LogP) is 8.49. The quantitative estimate of drug-likeness (QED) is 0.105. The van der Waals surface area contributed by atoms with Crippen molar-refractivity contribution < 1.29 is 0 Å². The minimum atomic E-state index is 0.133. The maximum atomic E-state index is 6.02. The number of thiophene rings is 2. The van der Waals surface area contributed by atoms with Crippen LogP contribution in [0.4, 0.5) is 35.2 Å². The number of nitrogen functional groups attached to an aromatic ring is 2. The van der Waals surface area contributed by atoms with Crippen molar-refractivity contribution in [3.63, 3.8) is 0 Å². The maximum Gasteiger partial charge on any atom is 0.232 e. The Kier molecular flexibility index (Phi) is 8.87. The van der Waals surface area contributed by atoms with Gasteiger partial charge in [-0.1, -0.05) is 45.9 Å². The Balaban J connectivity index is 1.21. The van der Waals surface area contributed by atoms with Gasteiger partial charge < -0.3 is 22.1 Å². The fourth-order valence-corrected chi connectivity index (χ4v) is 8.81. The normalized spacial score (nSPS) is 11.0. The van der Waals surface area contributed by atoms with Gasteiger partial charge in [0.2, 0.25) is 23.8 Å². The fraction of sp³-hybridized carbons (Fsp3) is 0. The van der Waals surface area contributed by atoms with Crippen LogP contribution >= 0.6 is 76.1 Å². The molecule has 0 atom stereocenters. The molecule has 0 saturated heterocycles. The van der Waals surface area contributed by atoms with Crippen LogP contribution in [0, 0.1) is 0 Å². The molecule has 10 nitrogen and oxygen atoms in total. The van der Waals surface area contributed by atoms with Crippen LogP contribution < -0.4 is 22.1 Å². The summed E-state index contributed by atoms with van der Waals surface area (Å²) in [7, 11) is 3.16. The van der Waals surface area contributed by atoms with Gasteiger partial charge in [0.15, 0.2) is 11.6 Å². The molecule has 0 unspecified atom stereocenters. The van der Waals surface area contributed by atoms with Crippen LogP contribution in [0.5, 0.6) is 0 Å². The topological polar surface area (TPSA) is 153 Å². The molecule has 0 aliphatic heterocycles. The average Bonchev–Trinajstić information content (AvgIpc) is 3.60. The molecule has 6 aromatic rings. The highest BCUT2D eigenvalue weighted by Gasteiger charge is 2.15. The van der Waals surface area contributed by atoms with Crippen molar-refractivity contribution in [2.75, 3.05) is 22.1 Å². The van der Waals surface area contributed by atoms with Crippen molar-refractivity contribution in [2.24, 2.45) is 0 Å².